The molecule has 1 aromatic carbocycles. The summed E-state index contributed by atoms with van der Waals surface area (Å²) in [5.74, 6) is 0.00187. The molecule has 1 aromatic heterocycles. The molecule has 2 aliphatic heterocycles. The highest BCUT2D eigenvalue weighted by molar-refractivity contribution is 7.48. The Bertz CT molecular complexity index is 1220. The van der Waals surface area contributed by atoms with E-state index in [-0.39, 0.29) is 18.8 Å². The number of halogens is 2. The topological polar surface area (TPSA) is 155 Å². The first kappa shape index (κ1) is 24.2. The van der Waals surface area contributed by atoms with E-state index >= 15 is 0 Å². The van der Waals surface area contributed by atoms with Gasteiger partial charge in [0.05, 0.1) is 12.7 Å². The van der Waals surface area contributed by atoms with Crippen LogP contribution in [0.3, 0.4) is 0 Å². The highest BCUT2D eigenvalue weighted by Gasteiger charge is 2.75. The number of rotatable bonds is 4. The maximum atomic E-state index is 13.3. The molecular formula is C20H22Cl2N3O8P. The van der Waals surface area contributed by atoms with Gasteiger partial charge in [-0.15, -0.1) is 0 Å². The molecule has 14 heteroatoms. The summed E-state index contributed by atoms with van der Waals surface area (Å²) in [6.45, 7) is 1.41. The maximum absolute atomic E-state index is 13.3. The van der Waals surface area contributed by atoms with Gasteiger partial charge in [-0.1, -0.05) is 23.2 Å². The molecule has 11 nitrogen and oxygen atoms in total. The van der Waals surface area contributed by atoms with Gasteiger partial charge >= 0.3 is 13.5 Å². The molecule has 1 saturated carbocycles. The van der Waals surface area contributed by atoms with E-state index in [1.807, 2.05) is 0 Å². The van der Waals surface area contributed by atoms with Crippen LogP contribution in [0, 0.1) is 0 Å². The van der Waals surface area contributed by atoms with Crippen molar-refractivity contribution in [2.75, 3.05) is 12.3 Å². The fourth-order valence-electron chi connectivity index (χ4n) is 4.44. The molecule has 4 N–H and O–H groups in total. The Morgan fingerprint density at radius 2 is 2.03 bits per heavy atom. The number of aliphatic hydroxyl groups is 2. The summed E-state index contributed by atoms with van der Waals surface area (Å²) in [4.78, 5) is 15.9. The minimum absolute atomic E-state index is 0.00187. The first-order valence-electron chi connectivity index (χ1n) is 10.4. The lowest BCUT2D eigenvalue weighted by atomic mass is 9.95. The summed E-state index contributed by atoms with van der Waals surface area (Å²) < 4.78 is 36.9. The second kappa shape index (κ2) is 8.26. The van der Waals surface area contributed by atoms with Crippen molar-refractivity contribution in [2.24, 2.45) is 0 Å². The second-order valence-corrected chi connectivity index (χ2v) is 11.2. The molecule has 34 heavy (non-hydrogen) atoms. The predicted octanol–water partition coefficient (Wildman–Crippen LogP) is 2.59. The van der Waals surface area contributed by atoms with E-state index in [4.69, 9.17) is 47.2 Å². The quantitative estimate of drug-likeness (QED) is 0.499. The average Bonchev–Trinajstić information content (AvgIpc) is 3.38. The van der Waals surface area contributed by atoms with Crippen LogP contribution in [0.2, 0.25) is 10.0 Å². The van der Waals surface area contributed by atoms with Crippen molar-refractivity contribution in [1.29, 1.82) is 0 Å². The van der Waals surface area contributed by atoms with Crippen molar-refractivity contribution in [3.05, 3.63) is 56.6 Å². The number of hydrogen-bond acceptors (Lipinski definition) is 10. The van der Waals surface area contributed by atoms with Crippen molar-refractivity contribution in [3.63, 3.8) is 0 Å². The van der Waals surface area contributed by atoms with Gasteiger partial charge in [-0.2, -0.15) is 4.98 Å². The minimum atomic E-state index is -4.07. The van der Waals surface area contributed by atoms with E-state index in [0.29, 0.717) is 22.0 Å². The van der Waals surface area contributed by atoms with Gasteiger partial charge in [0.15, 0.2) is 6.23 Å². The van der Waals surface area contributed by atoms with Crippen LogP contribution < -0.4 is 11.4 Å². The van der Waals surface area contributed by atoms with Gasteiger partial charge in [0.25, 0.3) is 0 Å². The fourth-order valence-corrected chi connectivity index (χ4v) is 6.59. The van der Waals surface area contributed by atoms with Crippen LogP contribution in [-0.4, -0.2) is 49.8 Å². The van der Waals surface area contributed by atoms with Crippen molar-refractivity contribution in [1.82, 2.24) is 9.55 Å². The molecule has 0 radical (unpaired) electrons. The van der Waals surface area contributed by atoms with Crippen molar-refractivity contribution in [2.45, 2.75) is 55.5 Å². The molecule has 184 valence electrons. The van der Waals surface area contributed by atoms with Gasteiger partial charge in [0, 0.05) is 29.1 Å². The van der Waals surface area contributed by atoms with Crippen LogP contribution in [0.15, 0.2) is 35.3 Å². The minimum Gasteiger partial charge on any atom is -0.387 e. The number of nitrogens with zero attached hydrogens (tertiary/aromatic N) is 2. The highest BCUT2D eigenvalue weighted by atomic mass is 35.5. The molecule has 1 spiro atoms. The zero-order chi connectivity index (χ0) is 24.5. The summed E-state index contributed by atoms with van der Waals surface area (Å²) >= 11 is 12.1. The molecule has 0 bridgehead atoms. The lowest BCUT2D eigenvalue weighted by Gasteiger charge is -2.30. The summed E-state index contributed by atoms with van der Waals surface area (Å²) in [7, 11) is -4.07. The van der Waals surface area contributed by atoms with Gasteiger partial charge < -0.3 is 20.7 Å². The fraction of sp³-hybridized carbons (Fsp3) is 0.500. The Morgan fingerprint density at radius 3 is 2.71 bits per heavy atom. The van der Waals surface area contributed by atoms with Crippen LogP contribution in [0.5, 0.6) is 0 Å². The van der Waals surface area contributed by atoms with Crippen LogP contribution in [0.4, 0.5) is 5.82 Å². The van der Waals surface area contributed by atoms with E-state index in [0.717, 1.165) is 4.57 Å². The molecule has 2 saturated heterocycles. The van der Waals surface area contributed by atoms with Crippen LogP contribution in [0.1, 0.15) is 37.7 Å². The predicted molar refractivity (Wildman–Crippen MR) is 120 cm³/mol. The zero-order valence-electron chi connectivity index (χ0n) is 17.8. The Labute approximate surface area is 203 Å². The average molecular weight is 534 g/mol. The third kappa shape index (κ3) is 4.09. The third-order valence-corrected chi connectivity index (χ3v) is 8.20. The van der Waals surface area contributed by atoms with Gasteiger partial charge in [-0.25, -0.2) is 9.36 Å². The largest absolute Gasteiger partial charge is 0.475 e. The lowest BCUT2D eigenvalue weighted by molar-refractivity contribution is -0.101. The van der Waals surface area contributed by atoms with E-state index in [1.165, 1.54) is 19.2 Å². The number of ether oxygens (including phenoxy) is 1. The number of phosphoric acid groups is 1. The Morgan fingerprint density at radius 1 is 1.32 bits per heavy atom. The van der Waals surface area contributed by atoms with Crippen molar-refractivity contribution >= 4 is 36.8 Å². The lowest BCUT2D eigenvalue weighted by Crippen LogP contribution is -2.46. The Hall–Kier alpha value is -1.53. The second-order valence-electron chi connectivity index (χ2n) is 8.76. The maximum Gasteiger partial charge on any atom is 0.475 e. The molecular weight excluding hydrogens is 512 g/mol. The number of hydrogen-bond donors (Lipinski definition) is 3. The summed E-state index contributed by atoms with van der Waals surface area (Å²) in [6.07, 6.45) is -2.54. The molecule has 0 amide bonds. The molecule has 3 heterocycles. The molecule has 3 fully saturated rings. The Kier molecular flexibility index (Phi) is 5.87. The zero-order valence-corrected chi connectivity index (χ0v) is 20.2. The van der Waals surface area contributed by atoms with E-state index in [1.54, 1.807) is 18.2 Å². The van der Waals surface area contributed by atoms with Crippen LogP contribution in [0.25, 0.3) is 0 Å². The van der Waals surface area contributed by atoms with Crippen LogP contribution in [-0.2, 0) is 22.9 Å². The monoisotopic (exact) mass is 533 g/mol. The van der Waals surface area contributed by atoms with Gasteiger partial charge in [-0.3, -0.25) is 18.1 Å². The molecule has 2 aromatic rings. The molecule has 7 atom stereocenters. The number of phosphoric ester groups is 1. The number of aliphatic hydroxyl groups excluding tert-OH is 1. The number of benzene rings is 1. The molecule has 3 unspecified atom stereocenters. The molecule has 3 aliphatic rings. The van der Waals surface area contributed by atoms with E-state index in [2.05, 4.69) is 4.98 Å². The van der Waals surface area contributed by atoms with Crippen molar-refractivity contribution in [3.8, 4) is 0 Å². The van der Waals surface area contributed by atoms with Crippen LogP contribution >= 0.6 is 31.0 Å². The number of nitrogens with two attached hydrogens (primary N) is 1. The smallest absolute Gasteiger partial charge is 0.387 e. The van der Waals surface area contributed by atoms with E-state index in [9.17, 15) is 19.6 Å². The van der Waals surface area contributed by atoms with Crippen molar-refractivity contribution < 1.29 is 33.1 Å². The normalized spacial score (nSPS) is 39.4. The Balaban J connectivity index is 1.34. The SMILES string of the molecule is C[C@@]1(O)[C@H](O)C2(C[C@H]2OP2(=O)OCCC(c3cc(Cl)cc(Cl)c3)O2)O[C@H]1n1ccc(N)nc1=O. The standard InChI is InChI=1S/C20H22Cl2N3O8P/c1-19(28)16(26)20(31-17(19)25-4-2-15(23)24-18(25)27)9-14(20)33-34(29)30-5-3-13(32-34)10-6-11(21)8-12(22)7-10/h2,4,6-8,13-14,16-17,26,28H,3,5,9H2,1H3,(H2,23,24,27)/t13?,14-,16+,17-,19-,20?,34?/m1/s1. The molecule has 5 rings (SSSR count). The molecule has 1 aliphatic carbocycles. The number of aromatic nitrogens is 2. The van der Waals surface area contributed by atoms with Gasteiger partial charge in [0.1, 0.15) is 29.2 Å². The summed E-state index contributed by atoms with van der Waals surface area (Å²) in [5, 5.41) is 22.7. The first-order chi connectivity index (χ1) is 15.9. The third-order valence-electron chi connectivity index (χ3n) is 6.24. The number of nitrogen functional groups attached to an aromatic ring is 1. The summed E-state index contributed by atoms with van der Waals surface area (Å²) in [5.41, 5.74) is 2.07. The van der Waals surface area contributed by atoms with E-state index < -0.39 is 49.3 Å². The first-order valence-corrected chi connectivity index (χ1v) is 12.7. The summed E-state index contributed by atoms with van der Waals surface area (Å²) in [6, 6.07) is 6.23. The number of anilines is 1. The van der Waals surface area contributed by atoms with Gasteiger partial charge in [-0.05, 0) is 36.8 Å². The van der Waals surface area contributed by atoms with Gasteiger partial charge in [0.2, 0.25) is 0 Å². The highest BCUT2D eigenvalue weighted by Crippen LogP contribution is 2.66.